The number of hydrogen-bond acceptors (Lipinski definition) is 2. The normalized spacial score (nSPS) is 19.9. The van der Waals surface area contributed by atoms with Crippen LogP contribution >= 0.6 is 12.4 Å². The first-order valence-corrected chi connectivity index (χ1v) is 6.55. The van der Waals surface area contributed by atoms with Crippen LogP contribution in [0.15, 0.2) is 24.3 Å². The predicted octanol–water partition coefficient (Wildman–Crippen LogP) is 3.31. The van der Waals surface area contributed by atoms with Crippen molar-refractivity contribution in [3.63, 3.8) is 0 Å². The maximum Gasteiger partial charge on any atom is 0.416 e. The highest BCUT2D eigenvalue weighted by molar-refractivity contribution is 5.85. The van der Waals surface area contributed by atoms with E-state index in [0.29, 0.717) is 6.04 Å². The van der Waals surface area contributed by atoms with Gasteiger partial charge in [-0.25, -0.2) is 0 Å². The Balaban J connectivity index is 0.00000200. The Morgan fingerprint density at radius 1 is 1.25 bits per heavy atom. The third-order valence-electron chi connectivity index (χ3n) is 3.61. The minimum absolute atomic E-state index is 0. The molecule has 1 fully saturated rings. The molecular weight excluding hydrogens is 289 g/mol. The van der Waals surface area contributed by atoms with Crippen molar-refractivity contribution in [2.24, 2.45) is 0 Å². The molecule has 2 nitrogen and oxygen atoms in total. The molecule has 1 heterocycles. The fraction of sp³-hybridized carbons (Fsp3) is 0.571. The first-order valence-electron chi connectivity index (χ1n) is 6.55. The van der Waals surface area contributed by atoms with Crippen molar-refractivity contribution in [2.75, 3.05) is 20.1 Å². The number of likely N-dealkylation sites (tertiary alicyclic amines) is 1. The zero-order valence-electron chi connectivity index (χ0n) is 11.4. The van der Waals surface area contributed by atoms with Crippen LogP contribution in [0.3, 0.4) is 0 Å². The second-order valence-corrected chi connectivity index (χ2v) is 5.02. The van der Waals surface area contributed by atoms with Crippen molar-refractivity contribution >= 4 is 12.4 Å². The molecule has 0 bridgehead atoms. The van der Waals surface area contributed by atoms with Crippen molar-refractivity contribution in [2.45, 2.75) is 31.6 Å². The molecule has 1 aromatic rings. The van der Waals surface area contributed by atoms with Gasteiger partial charge in [-0.3, -0.25) is 4.90 Å². The van der Waals surface area contributed by atoms with Gasteiger partial charge in [0.2, 0.25) is 0 Å². The van der Waals surface area contributed by atoms with E-state index < -0.39 is 11.7 Å². The molecule has 2 rings (SSSR count). The van der Waals surface area contributed by atoms with E-state index in [-0.39, 0.29) is 12.4 Å². The lowest BCUT2D eigenvalue weighted by molar-refractivity contribution is -0.137. The zero-order chi connectivity index (χ0) is 13.9. The average Bonchev–Trinajstić information content (AvgIpc) is 2.77. The van der Waals surface area contributed by atoms with Crippen LogP contribution in [0, 0.1) is 0 Å². The van der Waals surface area contributed by atoms with Crippen LogP contribution in [0.5, 0.6) is 0 Å². The Morgan fingerprint density at radius 3 is 2.45 bits per heavy atom. The summed E-state index contributed by atoms with van der Waals surface area (Å²) in [5, 5.41) is 3.16. The van der Waals surface area contributed by atoms with E-state index in [1.807, 2.05) is 7.05 Å². The fourth-order valence-corrected chi connectivity index (χ4v) is 2.60. The summed E-state index contributed by atoms with van der Waals surface area (Å²) >= 11 is 0. The topological polar surface area (TPSA) is 15.3 Å². The first-order chi connectivity index (χ1) is 9.00. The Bertz CT molecular complexity index is 406. The smallest absolute Gasteiger partial charge is 0.318 e. The lowest BCUT2D eigenvalue weighted by Crippen LogP contribution is -2.36. The van der Waals surface area contributed by atoms with Crippen molar-refractivity contribution < 1.29 is 13.2 Å². The molecule has 0 saturated carbocycles. The number of nitrogens with zero attached hydrogens (tertiary/aromatic N) is 1. The molecule has 0 aliphatic carbocycles. The molecule has 1 aromatic carbocycles. The van der Waals surface area contributed by atoms with Crippen molar-refractivity contribution in [3.05, 3.63) is 35.4 Å². The van der Waals surface area contributed by atoms with Gasteiger partial charge in [-0.15, -0.1) is 12.4 Å². The lowest BCUT2D eigenvalue weighted by Gasteiger charge is -2.24. The molecule has 1 atom stereocenters. The molecule has 1 N–H and O–H groups in total. The second-order valence-electron chi connectivity index (χ2n) is 5.02. The van der Waals surface area contributed by atoms with Gasteiger partial charge in [0.25, 0.3) is 0 Å². The number of halogens is 4. The third-order valence-corrected chi connectivity index (χ3v) is 3.61. The largest absolute Gasteiger partial charge is 0.416 e. The molecule has 0 radical (unpaired) electrons. The summed E-state index contributed by atoms with van der Waals surface area (Å²) in [5.74, 6) is 0. The second kappa shape index (κ2) is 7.29. The van der Waals surface area contributed by atoms with Gasteiger partial charge in [-0.2, -0.15) is 13.2 Å². The molecular formula is C14H20ClF3N2. The number of nitrogens with one attached hydrogen (secondary N) is 1. The van der Waals surface area contributed by atoms with Crippen LogP contribution in [0.4, 0.5) is 13.2 Å². The van der Waals surface area contributed by atoms with E-state index in [0.717, 1.165) is 38.0 Å². The SMILES string of the molecule is CNCC1CCCN1Cc1ccc(C(F)(F)F)cc1.Cl. The minimum atomic E-state index is -4.25. The lowest BCUT2D eigenvalue weighted by atomic mass is 10.1. The molecule has 114 valence electrons. The third kappa shape index (κ3) is 4.36. The van der Waals surface area contributed by atoms with Gasteiger partial charge in [0, 0.05) is 19.1 Å². The van der Waals surface area contributed by atoms with Crippen LogP contribution in [-0.2, 0) is 12.7 Å². The molecule has 1 saturated heterocycles. The number of rotatable bonds is 4. The Kier molecular flexibility index (Phi) is 6.30. The van der Waals surface area contributed by atoms with Gasteiger partial charge in [0.1, 0.15) is 0 Å². The van der Waals surface area contributed by atoms with E-state index in [4.69, 9.17) is 0 Å². The van der Waals surface area contributed by atoms with E-state index in [9.17, 15) is 13.2 Å². The number of likely N-dealkylation sites (N-methyl/N-ethyl adjacent to an activating group) is 1. The van der Waals surface area contributed by atoms with Gasteiger partial charge < -0.3 is 5.32 Å². The Hall–Kier alpha value is -0.780. The highest BCUT2D eigenvalue weighted by atomic mass is 35.5. The van der Waals surface area contributed by atoms with Gasteiger partial charge in [0.05, 0.1) is 5.56 Å². The molecule has 1 aliphatic rings. The van der Waals surface area contributed by atoms with Crippen LogP contribution in [0.25, 0.3) is 0 Å². The predicted molar refractivity (Wildman–Crippen MR) is 76.1 cm³/mol. The molecule has 1 aliphatic heterocycles. The monoisotopic (exact) mass is 308 g/mol. The molecule has 20 heavy (non-hydrogen) atoms. The van der Waals surface area contributed by atoms with Gasteiger partial charge >= 0.3 is 6.18 Å². The van der Waals surface area contributed by atoms with E-state index in [1.165, 1.54) is 12.1 Å². The molecule has 1 unspecified atom stereocenters. The van der Waals surface area contributed by atoms with E-state index in [1.54, 1.807) is 12.1 Å². The zero-order valence-corrected chi connectivity index (χ0v) is 12.2. The Morgan fingerprint density at radius 2 is 1.90 bits per heavy atom. The summed E-state index contributed by atoms with van der Waals surface area (Å²) < 4.78 is 37.4. The molecule has 0 amide bonds. The first kappa shape index (κ1) is 17.3. The summed E-state index contributed by atoms with van der Waals surface area (Å²) in [6, 6.07) is 5.99. The highest BCUT2D eigenvalue weighted by Gasteiger charge is 2.30. The summed E-state index contributed by atoms with van der Waals surface area (Å²) in [6.45, 7) is 2.68. The fourth-order valence-electron chi connectivity index (χ4n) is 2.60. The molecule has 0 aromatic heterocycles. The number of benzene rings is 1. The van der Waals surface area contributed by atoms with Crippen LogP contribution in [0.2, 0.25) is 0 Å². The number of hydrogen-bond donors (Lipinski definition) is 1. The maximum atomic E-state index is 12.5. The summed E-state index contributed by atoms with van der Waals surface area (Å²) in [4.78, 5) is 2.33. The standard InChI is InChI=1S/C14H19F3N2.ClH/c1-18-9-13-3-2-8-19(13)10-11-4-6-12(7-5-11)14(15,16)17;/h4-7,13,18H,2-3,8-10H2,1H3;1H. The van der Waals surface area contributed by atoms with Gasteiger partial charge in [0.15, 0.2) is 0 Å². The van der Waals surface area contributed by atoms with Crippen molar-refractivity contribution in [1.29, 1.82) is 0 Å². The average molecular weight is 309 g/mol. The van der Waals surface area contributed by atoms with Crippen molar-refractivity contribution in [1.82, 2.24) is 10.2 Å². The van der Waals surface area contributed by atoms with Crippen LogP contribution in [-0.4, -0.2) is 31.1 Å². The number of alkyl halides is 3. The van der Waals surface area contributed by atoms with E-state index >= 15 is 0 Å². The maximum absolute atomic E-state index is 12.5. The molecule has 0 spiro atoms. The highest BCUT2D eigenvalue weighted by Crippen LogP contribution is 2.29. The molecule has 6 heteroatoms. The summed E-state index contributed by atoms with van der Waals surface area (Å²) in [7, 11) is 1.93. The van der Waals surface area contributed by atoms with Gasteiger partial charge in [-0.05, 0) is 44.1 Å². The Labute approximate surface area is 123 Å². The minimum Gasteiger partial charge on any atom is -0.318 e. The van der Waals surface area contributed by atoms with Gasteiger partial charge in [-0.1, -0.05) is 12.1 Å². The summed E-state index contributed by atoms with van der Waals surface area (Å²) in [6.07, 6.45) is -1.94. The summed E-state index contributed by atoms with van der Waals surface area (Å²) in [5.41, 5.74) is 0.362. The van der Waals surface area contributed by atoms with Crippen LogP contribution in [0.1, 0.15) is 24.0 Å². The quantitative estimate of drug-likeness (QED) is 0.918. The van der Waals surface area contributed by atoms with Crippen molar-refractivity contribution in [3.8, 4) is 0 Å². The van der Waals surface area contributed by atoms with E-state index in [2.05, 4.69) is 10.2 Å². The van der Waals surface area contributed by atoms with Crippen LogP contribution < -0.4 is 5.32 Å².